The molecule has 10 heavy (non-hydrogen) atoms. The molecule has 0 amide bonds. The smallest absolute Gasteiger partial charge is 0.397 e. The Bertz CT molecular complexity index is 207. The van der Waals surface area contributed by atoms with Crippen molar-refractivity contribution in [3.05, 3.63) is 12.2 Å². The Morgan fingerprint density at radius 2 is 2.70 bits per heavy atom. The fraction of sp³-hybridized carbons (Fsp3) is 0.400. The van der Waals surface area contributed by atoms with Crippen LogP contribution in [0, 0.1) is 6.33 Å². The van der Waals surface area contributed by atoms with E-state index in [9.17, 15) is 4.79 Å². The summed E-state index contributed by atoms with van der Waals surface area (Å²) in [5.41, 5.74) is 0. The van der Waals surface area contributed by atoms with Crippen LogP contribution in [0.3, 0.4) is 0 Å². The number of nitrogens with zero attached hydrogens (tertiary/aromatic N) is 2. The predicted molar refractivity (Wildman–Crippen MR) is 29.1 cm³/mol. The van der Waals surface area contributed by atoms with Gasteiger partial charge in [0, 0.05) is 0 Å². The Morgan fingerprint density at radius 3 is 3.20 bits per heavy atom. The molecule has 0 aliphatic rings. The SMILES string of the molecule is CCOC(=O)c1n[c]no1. The minimum Gasteiger partial charge on any atom is -0.459 e. The highest BCUT2D eigenvalue weighted by atomic mass is 16.6. The van der Waals surface area contributed by atoms with E-state index >= 15 is 0 Å². The Labute approximate surface area is 57.0 Å². The van der Waals surface area contributed by atoms with Crippen molar-refractivity contribution < 1.29 is 14.1 Å². The van der Waals surface area contributed by atoms with Crippen molar-refractivity contribution in [2.75, 3.05) is 6.61 Å². The molecule has 0 saturated heterocycles. The lowest BCUT2D eigenvalue weighted by atomic mass is 10.7. The van der Waals surface area contributed by atoms with Crippen molar-refractivity contribution in [3.8, 4) is 0 Å². The maximum Gasteiger partial charge on any atom is 0.397 e. The van der Waals surface area contributed by atoms with Gasteiger partial charge in [-0.3, -0.25) is 0 Å². The molecule has 1 aromatic rings. The van der Waals surface area contributed by atoms with Crippen molar-refractivity contribution in [2.45, 2.75) is 6.92 Å². The fourth-order valence-electron chi connectivity index (χ4n) is 0.426. The number of rotatable bonds is 2. The Morgan fingerprint density at radius 1 is 1.90 bits per heavy atom. The molecular weight excluding hydrogens is 136 g/mol. The van der Waals surface area contributed by atoms with Gasteiger partial charge < -0.3 is 9.26 Å². The summed E-state index contributed by atoms with van der Waals surface area (Å²) >= 11 is 0. The summed E-state index contributed by atoms with van der Waals surface area (Å²) < 4.78 is 8.89. The second-order valence-electron chi connectivity index (χ2n) is 1.42. The molecule has 0 unspecified atom stereocenters. The van der Waals surface area contributed by atoms with Crippen LogP contribution >= 0.6 is 0 Å². The van der Waals surface area contributed by atoms with Crippen LogP contribution < -0.4 is 0 Å². The van der Waals surface area contributed by atoms with Gasteiger partial charge in [0.25, 0.3) is 0 Å². The van der Waals surface area contributed by atoms with Crippen molar-refractivity contribution in [1.29, 1.82) is 0 Å². The zero-order valence-corrected chi connectivity index (χ0v) is 5.33. The number of hydrogen-bond donors (Lipinski definition) is 0. The van der Waals surface area contributed by atoms with E-state index in [4.69, 9.17) is 0 Å². The molecule has 0 aliphatic carbocycles. The third kappa shape index (κ3) is 1.31. The number of ether oxygens (including phenoxy) is 1. The molecular formula is C5H5N2O3. The molecule has 0 aliphatic heterocycles. The van der Waals surface area contributed by atoms with Gasteiger partial charge in [-0.25, -0.2) is 4.79 Å². The minimum absolute atomic E-state index is 0.165. The number of hydrogen-bond acceptors (Lipinski definition) is 5. The van der Waals surface area contributed by atoms with Gasteiger partial charge in [-0.2, -0.15) is 4.98 Å². The minimum atomic E-state index is -0.615. The fourth-order valence-corrected chi connectivity index (χ4v) is 0.426. The molecule has 5 nitrogen and oxygen atoms in total. The maximum absolute atomic E-state index is 10.7. The summed E-state index contributed by atoms with van der Waals surface area (Å²) in [6.07, 6.45) is 2.10. The van der Waals surface area contributed by atoms with E-state index in [0.717, 1.165) is 0 Å². The first-order chi connectivity index (χ1) is 4.84. The molecule has 1 heterocycles. The van der Waals surface area contributed by atoms with Gasteiger partial charge in [0.15, 0.2) is 0 Å². The van der Waals surface area contributed by atoms with Crippen molar-refractivity contribution in [3.63, 3.8) is 0 Å². The van der Waals surface area contributed by atoms with Gasteiger partial charge in [0.2, 0.25) is 6.33 Å². The molecule has 53 valence electrons. The van der Waals surface area contributed by atoms with E-state index in [0.29, 0.717) is 6.61 Å². The summed E-state index contributed by atoms with van der Waals surface area (Å²) in [4.78, 5) is 14.0. The molecule has 0 N–H and O–H groups in total. The number of carbonyl (C=O) groups excluding carboxylic acids is 1. The summed E-state index contributed by atoms with van der Waals surface area (Å²) in [7, 11) is 0. The standard InChI is InChI=1S/C5H5N2O3/c1-2-9-5(8)4-6-3-7-10-4/h2H2,1H3. The first-order valence-electron chi connectivity index (χ1n) is 2.71. The normalized spacial score (nSPS) is 9.30. The molecule has 0 atom stereocenters. The highest BCUT2D eigenvalue weighted by Gasteiger charge is 2.11. The zero-order valence-electron chi connectivity index (χ0n) is 5.33. The van der Waals surface area contributed by atoms with E-state index in [2.05, 4.69) is 25.7 Å². The van der Waals surface area contributed by atoms with Gasteiger partial charge in [0.1, 0.15) is 0 Å². The predicted octanol–water partition coefficient (Wildman–Crippen LogP) is 0.0465. The van der Waals surface area contributed by atoms with Crippen LogP contribution in [-0.2, 0) is 4.74 Å². The summed E-state index contributed by atoms with van der Waals surface area (Å²) in [6.45, 7) is 1.99. The van der Waals surface area contributed by atoms with Gasteiger partial charge >= 0.3 is 11.9 Å². The van der Waals surface area contributed by atoms with Gasteiger partial charge in [-0.05, 0) is 6.92 Å². The molecule has 1 rings (SSSR count). The van der Waals surface area contributed by atoms with E-state index in [1.54, 1.807) is 6.92 Å². The van der Waals surface area contributed by atoms with Crippen LogP contribution in [0.4, 0.5) is 0 Å². The average molecular weight is 141 g/mol. The Hall–Kier alpha value is -1.39. The molecule has 0 bridgehead atoms. The molecule has 0 fully saturated rings. The lowest BCUT2D eigenvalue weighted by Crippen LogP contribution is -2.04. The van der Waals surface area contributed by atoms with Crippen molar-refractivity contribution in [1.82, 2.24) is 10.1 Å². The van der Waals surface area contributed by atoms with Crippen LogP contribution in [-0.4, -0.2) is 22.7 Å². The number of esters is 1. The van der Waals surface area contributed by atoms with Crippen LogP contribution in [0.1, 0.15) is 17.6 Å². The summed E-state index contributed by atoms with van der Waals surface area (Å²) in [5, 5.41) is 3.11. The van der Waals surface area contributed by atoms with Gasteiger partial charge in [-0.15, -0.1) is 0 Å². The highest BCUT2D eigenvalue weighted by Crippen LogP contribution is 1.92. The number of carbonyl (C=O) groups is 1. The quantitative estimate of drug-likeness (QED) is 0.544. The molecule has 0 aromatic carbocycles. The van der Waals surface area contributed by atoms with Crippen LogP contribution in [0.25, 0.3) is 0 Å². The average Bonchev–Trinajstić information content (AvgIpc) is 2.38. The monoisotopic (exact) mass is 141 g/mol. The maximum atomic E-state index is 10.7. The largest absolute Gasteiger partial charge is 0.459 e. The van der Waals surface area contributed by atoms with Crippen molar-refractivity contribution in [2.24, 2.45) is 0 Å². The molecule has 5 heteroatoms. The molecule has 1 aromatic heterocycles. The Balaban J connectivity index is 2.59. The number of aromatic nitrogens is 2. The van der Waals surface area contributed by atoms with E-state index in [1.165, 1.54) is 0 Å². The third-order valence-electron chi connectivity index (χ3n) is 0.775. The summed E-state index contributed by atoms with van der Waals surface area (Å²) in [5.74, 6) is -0.780. The van der Waals surface area contributed by atoms with Crippen molar-refractivity contribution >= 4 is 5.97 Å². The summed E-state index contributed by atoms with van der Waals surface area (Å²) in [6, 6.07) is 0. The molecule has 0 saturated carbocycles. The second-order valence-corrected chi connectivity index (χ2v) is 1.42. The topological polar surface area (TPSA) is 65.2 Å². The van der Waals surface area contributed by atoms with E-state index in [1.807, 2.05) is 0 Å². The third-order valence-corrected chi connectivity index (χ3v) is 0.775. The van der Waals surface area contributed by atoms with Crippen LogP contribution in [0.2, 0.25) is 0 Å². The first kappa shape index (κ1) is 6.73. The zero-order chi connectivity index (χ0) is 7.40. The van der Waals surface area contributed by atoms with E-state index in [-0.39, 0.29) is 5.89 Å². The van der Waals surface area contributed by atoms with Gasteiger partial charge in [-0.1, -0.05) is 5.16 Å². The van der Waals surface area contributed by atoms with Crippen LogP contribution in [0.5, 0.6) is 0 Å². The van der Waals surface area contributed by atoms with E-state index < -0.39 is 5.97 Å². The first-order valence-corrected chi connectivity index (χ1v) is 2.71. The highest BCUT2D eigenvalue weighted by molar-refractivity contribution is 5.83. The molecule has 1 radical (unpaired) electrons. The lowest BCUT2D eigenvalue weighted by molar-refractivity contribution is 0.0470. The van der Waals surface area contributed by atoms with Gasteiger partial charge in [0.05, 0.1) is 6.61 Å². The molecule has 0 spiro atoms. The second kappa shape index (κ2) is 2.95. The Kier molecular flexibility index (Phi) is 1.99. The lowest BCUT2D eigenvalue weighted by Gasteiger charge is -1.92. The van der Waals surface area contributed by atoms with Crippen LogP contribution in [0.15, 0.2) is 4.52 Å².